The number of hydrogen-bond acceptors (Lipinski definition) is 4. The van der Waals surface area contributed by atoms with Crippen LogP contribution in [-0.4, -0.2) is 15.8 Å². The van der Waals surface area contributed by atoms with Gasteiger partial charge in [-0.2, -0.15) is 0 Å². The zero-order valence-corrected chi connectivity index (χ0v) is 10.6. The summed E-state index contributed by atoms with van der Waals surface area (Å²) in [6.07, 6.45) is 2.35. The van der Waals surface area contributed by atoms with Crippen molar-refractivity contribution in [1.82, 2.24) is 0 Å². The van der Waals surface area contributed by atoms with Crippen LogP contribution < -0.4 is 0 Å². The molecule has 0 amide bonds. The largest absolute Gasteiger partial charge is 0.506 e. The molecule has 1 aliphatic rings. The van der Waals surface area contributed by atoms with Crippen molar-refractivity contribution < 1.29 is 14.8 Å². The fraction of sp³-hybridized carbons (Fsp3) is 0.154. The average molecular weight is 280 g/mol. The van der Waals surface area contributed by atoms with Gasteiger partial charge in [0, 0.05) is 12.5 Å². The average Bonchev–Trinajstić information content (AvgIpc) is 2.38. The molecule has 98 valence electrons. The van der Waals surface area contributed by atoms with Gasteiger partial charge < -0.3 is 5.11 Å². The highest BCUT2D eigenvalue weighted by Gasteiger charge is 2.26. The standard InChI is InChI=1S/C13H10ClNO4/c14-9-5-3-7-11(16)12(9)13(17)8-4-1-2-6-10(8)15(18)19/h1-2,4-6,17H,3,7H2. The van der Waals surface area contributed by atoms with E-state index in [1.54, 1.807) is 12.1 Å². The van der Waals surface area contributed by atoms with Gasteiger partial charge in [0.15, 0.2) is 5.78 Å². The second kappa shape index (κ2) is 5.24. The predicted molar refractivity (Wildman–Crippen MR) is 70.8 cm³/mol. The Morgan fingerprint density at radius 1 is 1.37 bits per heavy atom. The van der Waals surface area contributed by atoms with Crippen LogP contribution >= 0.6 is 11.6 Å². The summed E-state index contributed by atoms with van der Waals surface area (Å²) in [4.78, 5) is 22.1. The summed E-state index contributed by atoms with van der Waals surface area (Å²) in [6.45, 7) is 0. The van der Waals surface area contributed by atoms with Crippen LogP contribution in [0.25, 0.3) is 5.76 Å². The fourth-order valence-corrected chi connectivity index (χ4v) is 2.21. The van der Waals surface area contributed by atoms with E-state index >= 15 is 0 Å². The smallest absolute Gasteiger partial charge is 0.280 e. The first-order valence-corrected chi connectivity index (χ1v) is 5.96. The third kappa shape index (κ3) is 2.51. The number of nitrogens with zero attached hydrogens (tertiary/aromatic N) is 1. The van der Waals surface area contributed by atoms with Crippen molar-refractivity contribution in [3.8, 4) is 0 Å². The number of allylic oxidation sites excluding steroid dienone is 3. The Balaban J connectivity index is 2.64. The Labute approximate surface area is 114 Å². The van der Waals surface area contributed by atoms with E-state index in [2.05, 4.69) is 0 Å². The molecule has 1 aromatic carbocycles. The molecule has 0 radical (unpaired) electrons. The van der Waals surface area contributed by atoms with Crippen molar-refractivity contribution in [2.45, 2.75) is 12.8 Å². The van der Waals surface area contributed by atoms with Gasteiger partial charge >= 0.3 is 0 Å². The van der Waals surface area contributed by atoms with Crippen molar-refractivity contribution in [1.29, 1.82) is 0 Å². The minimum atomic E-state index is -0.614. The molecule has 0 saturated heterocycles. The summed E-state index contributed by atoms with van der Waals surface area (Å²) in [5, 5.41) is 21.2. The number of ketones is 1. The number of para-hydroxylation sites is 1. The molecule has 1 aromatic rings. The molecule has 2 rings (SSSR count). The third-order valence-corrected chi connectivity index (χ3v) is 3.15. The van der Waals surface area contributed by atoms with E-state index in [9.17, 15) is 20.0 Å². The summed E-state index contributed by atoms with van der Waals surface area (Å²) >= 11 is 5.91. The summed E-state index contributed by atoms with van der Waals surface area (Å²) < 4.78 is 0. The lowest BCUT2D eigenvalue weighted by Crippen LogP contribution is -2.10. The van der Waals surface area contributed by atoms with Gasteiger partial charge in [0.2, 0.25) is 0 Å². The highest BCUT2D eigenvalue weighted by molar-refractivity contribution is 6.37. The van der Waals surface area contributed by atoms with Gasteiger partial charge in [-0.05, 0) is 12.5 Å². The molecular formula is C13H10ClNO4. The maximum atomic E-state index is 11.8. The van der Waals surface area contributed by atoms with Gasteiger partial charge in [-0.1, -0.05) is 29.8 Å². The molecule has 0 unspecified atom stereocenters. The van der Waals surface area contributed by atoms with Crippen LogP contribution in [0.1, 0.15) is 18.4 Å². The van der Waals surface area contributed by atoms with Crippen LogP contribution in [0.2, 0.25) is 0 Å². The number of aliphatic hydroxyl groups is 1. The summed E-state index contributed by atoms with van der Waals surface area (Å²) in [5.41, 5.74) is -0.332. The lowest BCUT2D eigenvalue weighted by molar-refractivity contribution is -0.385. The lowest BCUT2D eigenvalue weighted by Gasteiger charge is -2.13. The molecule has 19 heavy (non-hydrogen) atoms. The van der Waals surface area contributed by atoms with Gasteiger partial charge in [0.25, 0.3) is 5.69 Å². The molecule has 0 atom stereocenters. The SMILES string of the molecule is O=C1CCC=C(Cl)C1=C(O)c1ccccc1[N+](=O)[O-]. The molecule has 0 aromatic heterocycles. The topological polar surface area (TPSA) is 80.4 Å². The number of hydrogen-bond donors (Lipinski definition) is 1. The van der Waals surface area contributed by atoms with Crippen LogP contribution in [-0.2, 0) is 4.79 Å². The summed E-state index contributed by atoms with van der Waals surface area (Å²) in [7, 11) is 0. The molecule has 6 heteroatoms. The summed E-state index contributed by atoms with van der Waals surface area (Å²) in [5.74, 6) is -0.763. The number of rotatable bonds is 2. The van der Waals surface area contributed by atoms with Crippen molar-refractivity contribution in [2.24, 2.45) is 0 Å². The molecule has 0 spiro atoms. The maximum Gasteiger partial charge on any atom is 0.280 e. The Hall–Kier alpha value is -2.14. The van der Waals surface area contributed by atoms with Crippen molar-refractivity contribution in [3.63, 3.8) is 0 Å². The van der Waals surface area contributed by atoms with Crippen LogP contribution in [0.5, 0.6) is 0 Å². The second-order valence-electron chi connectivity index (χ2n) is 4.01. The monoisotopic (exact) mass is 279 g/mol. The second-order valence-corrected chi connectivity index (χ2v) is 4.42. The summed E-state index contributed by atoms with van der Waals surface area (Å²) in [6, 6.07) is 5.67. The van der Waals surface area contributed by atoms with E-state index in [1.807, 2.05) is 0 Å². The molecule has 1 N–H and O–H groups in total. The molecule has 0 saturated carbocycles. The molecular weight excluding hydrogens is 270 g/mol. The number of benzene rings is 1. The first-order valence-electron chi connectivity index (χ1n) is 5.58. The van der Waals surface area contributed by atoms with Crippen LogP contribution in [0, 0.1) is 10.1 Å². The van der Waals surface area contributed by atoms with Crippen LogP contribution in [0.15, 0.2) is 40.9 Å². The number of nitro benzene ring substituents is 1. The van der Waals surface area contributed by atoms with E-state index in [4.69, 9.17) is 11.6 Å². The number of Topliss-reactive ketones (excluding diaryl/α,β-unsaturated/α-hetero) is 1. The molecule has 0 fully saturated rings. The Kier molecular flexibility index (Phi) is 3.66. The highest BCUT2D eigenvalue weighted by Crippen LogP contribution is 2.33. The number of carbonyl (C=O) groups is 1. The van der Waals surface area contributed by atoms with Crippen molar-refractivity contribution >= 4 is 28.8 Å². The van der Waals surface area contributed by atoms with E-state index in [-0.39, 0.29) is 34.1 Å². The van der Waals surface area contributed by atoms with Crippen LogP contribution in [0.4, 0.5) is 5.69 Å². The van der Waals surface area contributed by atoms with E-state index in [1.165, 1.54) is 18.2 Å². The van der Waals surface area contributed by atoms with Gasteiger partial charge in [0.05, 0.1) is 21.1 Å². The Bertz CT molecular complexity index is 619. The van der Waals surface area contributed by atoms with Gasteiger partial charge in [-0.15, -0.1) is 0 Å². The number of carbonyl (C=O) groups excluding carboxylic acids is 1. The number of nitro groups is 1. The molecule has 1 aliphatic carbocycles. The fourth-order valence-electron chi connectivity index (χ4n) is 1.90. The predicted octanol–water partition coefficient (Wildman–Crippen LogP) is 3.35. The lowest BCUT2D eigenvalue weighted by atomic mass is 9.96. The third-order valence-electron chi connectivity index (χ3n) is 2.81. The molecule has 0 aliphatic heterocycles. The Morgan fingerprint density at radius 3 is 2.68 bits per heavy atom. The zero-order valence-electron chi connectivity index (χ0n) is 9.80. The first kappa shape index (κ1) is 13.3. The highest BCUT2D eigenvalue weighted by atomic mass is 35.5. The minimum absolute atomic E-state index is 0.00991. The number of aliphatic hydroxyl groups excluding tert-OH is 1. The quantitative estimate of drug-likeness (QED) is 0.389. The van der Waals surface area contributed by atoms with Gasteiger partial charge in [-0.25, -0.2) is 0 Å². The zero-order chi connectivity index (χ0) is 14.0. The maximum absolute atomic E-state index is 11.8. The van der Waals surface area contributed by atoms with E-state index < -0.39 is 10.7 Å². The molecule has 5 nitrogen and oxygen atoms in total. The minimum Gasteiger partial charge on any atom is -0.506 e. The van der Waals surface area contributed by atoms with Gasteiger partial charge in [-0.3, -0.25) is 14.9 Å². The van der Waals surface area contributed by atoms with Crippen molar-refractivity contribution in [3.05, 3.63) is 56.6 Å². The van der Waals surface area contributed by atoms with E-state index in [0.717, 1.165) is 0 Å². The van der Waals surface area contributed by atoms with Crippen LogP contribution in [0.3, 0.4) is 0 Å². The van der Waals surface area contributed by atoms with E-state index in [0.29, 0.717) is 6.42 Å². The van der Waals surface area contributed by atoms with Crippen molar-refractivity contribution in [2.75, 3.05) is 0 Å². The first-order chi connectivity index (χ1) is 9.02. The normalized spacial score (nSPS) is 17.9. The Morgan fingerprint density at radius 2 is 2.05 bits per heavy atom. The van der Waals surface area contributed by atoms with Gasteiger partial charge in [0.1, 0.15) is 5.76 Å². The number of halogens is 1. The molecule has 0 bridgehead atoms. The molecule has 0 heterocycles.